The van der Waals surface area contributed by atoms with Crippen LogP contribution in [0.2, 0.25) is 23.1 Å². The summed E-state index contributed by atoms with van der Waals surface area (Å²) in [7, 11) is 1.08. The standard InChI is InChI=1S/C30H21Cl2.C2H6Si.2ClH.Zr/c1-2-18-15-28-24(20-13-21(31)17-22(32)14-20)9-5-11-26(28)30(18)27-12-6-10-25-23-8-4-3-7-19(23)16-29(25)27;1-3-2;;;/h3-11,13-15,17,30H,2,16H2,1H3;1-2H3;2*1H;/q-1;;;;+3/p-2. The van der Waals surface area contributed by atoms with Crippen LogP contribution >= 0.6 is 23.2 Å². The fraction of sp³-hybridized carbons (Fsp3) is 0.188. The molecule has 0 amide bonds. The maximum Gasteiger partial charge on any atom is 3.00 e. The van der Waals surface area contributed by atoms with Crippen molar-refractivity contribution in [3.8, 4) is 22.3 Å². The fourth-order valence-corrected chi connectivity index (χ4v) is 5.97. The van der Waals surface area contributed by atoms with Gasteiger partial charge in [0.1, 0.15) is 0 Å². The van der Waals surface area contributed by atoms with Crippen molar-refractivity contribution in [2.45, 2.75) is 38.8 Å². The van der Waals surface area contributed by atoms with E-state index in [9.17, 15) is 0 Å². The Morgan fingerprint density at radius 1 is 0.868 bits per heavy atom. The van der Waals surface area contributed by atoms with E-state index in [1.54, 1.807) is 6.07 Å². The molecule has 2 aliphatic rings. The van der Waals surface area contributed by atoms with Gasteiger partial charge in [-0.1, -0.05) is 97.3 Å². The summed E-state index contributed by atoms with van der Waals surface area (Å²) in [5.41, 5.74) is 13.1. The van der Waals surface area contributed by atoms with Gasteiger partial charge in [-0.2, -0.15) is 18.2 Å². The molecule has 2 aliphatic carbocycles. The number of fused-ring (bicyclic) bond motifs is 4. The summed E-state index contributed by atoms with van der Waals surface area (Å²) in [6.45, 7) is 6.55. The van der Waals surface area contributed by atoms with E-state index in [-0.39, 0.29) is 56.9 Å². The normalized spacial score (nSPS) is 13.8. The number of rotatable bonds is 3. The summed E-state index contributed by atoms with van der Waals surface area (Å²) in [6.07, 6.45) is 4.35. The van der Waals surface area contributed by atoms with E-state index in [1.807, 2.05) is 12.1 Å². The molecule has 3 radical (unpaired) electrons. The molecular formula is C32H27Cl4SiZr. The SMILES string of the molecule is CCC1=Cc2c(-c3cc(Cl)cc(Cl)c3)cccc2C1c1[c-]ccc2c1Cc1ccccc1-2.C[Si]C.[Cl-].[Cl-].[Zr+3]. The van der Waals surface area contributed by atoms with Crippen molar-refractivity contribution >= 4 is 38.8 Å². The third kappa shape index (κ3) is 6.27. The number of hydrogen-bond acceptors (Lipinski definition) is 0. The summed E-state index contributed by atoms with van der Waals surface area (Å²) in [4.78, 5) is 0. The summed E-state index contributed by atoms with van der Waals surface area (Å²) in [6, 6.07) is 29.1. The van der Waals surface area contributed by atoms with Gasteiger partial charge >= 0.3 is 26.2 Å². The average Bonchev–Trinajstić information content (AvgIpc) is 3.42. The Hall–Kier alpha value is -1.12. The first kappa shape index (κ1) is 33.1. The van der Waals surface area contributed by atoms with Crippen LogP contribution in [-0.2, 0) is 32.6 Å². The Kier molecular flexibility index (Phi) is 12.6. The molecule has 0 saturated heterocycles. The molecule has 1 atom stereocenters. The molecule has 4 aromatic rings. The minimum Gasteiger partial charge on any atom is -1.00 e. The van der Waals surface area contributed by atoms with Crippen molar-refractivity contribution in [3.63, 3.8) is 0 Å². The number of hydrogen-bond donors (Lipinski definition) is 0. The zero-order valence-corrected chi connectivity index (χ0v) is 28.0. The molecule has 0 spiro atoms. The molecule has 1 unspecified atom stereocenters. The molecular weight excluding hydrogens is 645 g/mol. The maximum atomic E-state index is 6.33. The van der Waals surface area contributed by atoms with Gasteiger partial charge < -0.3 is 24.8 Å². The predicted octanol–water partition coefficient (Wildman–Crippen LogP) is 3.76. The van der Waals surface area contributed by atoms with Crippen LogP contribution < -0.4 is 24.8 Å². The summed E-state index contributed by atoms with van der Waals surface area (Å²) in [5, 5.41) is 1.32. The van der Waals surface area contributed by atoms with Crippen molar-refractivity contribution in [2.75, 3.05) is 0 Å². The first-order valence-corrected chi connectivity index (χ1v) is 14.8. The van der Waals surface area contributed by atoms with Crippen molar-refractivity contribution in [1.82, 2.24) is 0 Å². The minimum atomic E-state index is 0. The topological polar surface area (TPSA) is 0 Å². The molecule has 0 nitrogen and oxygen atoms in total. The van der Waals surface area contributed by atoms with E-state index >= 15 is 0 Å². The first-order chi connectivity index (χ1) is 17.0. The van der Waals surface area contributed by atoms with E-state index < -0.39 is 0 Å². The van der Waals surface area contributed by atoms with Crippen molar-refractivity contribution in [1.29, 1.82) is 0 Å². The number of allylic oxidation sites excluding steroid dienone is 1. The molecule has 191 valence electrons. The molecule has 6 heteroatoms. The number of benzene rings is 4. The molecule has 0 saturated carbocycles. The summed E-state index contributed by atoms with van der Waals surface area (Å²) < 4.78 is 0. The quantitative estimate of drug-likeness (QED) is 0.203. The third-order valence-electron chi connectivity index (χ3n) is 6.84. The van der Waals surface area contributed by atoms with Gasteiger partial charge in [-0.05, 0) is 64.4 Å². The zero-order chi connectivity index (χ0) is 24.5. The largest absolute Gasteiger partial charge is 3.00 e. The summed E-state index contributed by atoms with van der Waals surface area (Å²) >= 11 is 12.7. The van der Waals surface area contributed by atoms with Gasteiger partial charge in [-0.3, -0.25) is 0 Å². The van der Waals surface area contributed by atoms with Gasteiger partial charge in [0.25, 0.3) is 0 Å². The van der Waals surface area contributed by atoms with Crippen LogP contribution in [0.25, 0.3) is 28.3 Å². The maximum absolute atomic E-state index is 6.33. The first-order valence-electron chi connectivity index (χ1n) is 12.1. The Morgan fingerprint density at radius 3 is 2.21 bits per heavy atom. The molecule has 6 rings (SSSR count). The van der Waals surface area contributed by atoms with Crippen molar-refractivity contribution in [2.24, 2.45) is 0 Å². The van der Waals surface area contributed by atoms with Gasteiger partial charge in [0.05, 0.1) is 0 Å². The van der Waals surface area contributed by atoms with Crippen molar-refractivity contribution in [3.05, 3.63) is 122 Å². The second kappa shape index (κ2) is 14.5. The molecule has 4 aromatic carbocycles. The molecule has 0 fully saturated rings. The third-order valence-corrected chi connectivity index (χ3v) is 7.27. The molecule has 0 aliphatic heterocycles. The molecule has 0 N–H and O–H groups in total. The Balaban J connectivity index is 0.000000809. The van der Waals surface area contributed by atoms with E-state index in [0.717, 1.165) is 27.9 Å². The minimum absolute atomic E-state index is 0. The Morgan fingerprint density at radius 2 is 1.53 bits per heavy atom. The van der Waals surface area contributed by atoms with E-state index in [4.69, 9.17) is 23.2 Å². The Labute approximate surface area is 271 Å². The van der Waals surface area contributed by atoms with Crippen molar-refractivity contribution < 1.29 is 51.0 Å². The average molecular weight is 673 g/mol. The van der Waals surface area contributed by atoms with Gasteiger partial charge in [0.2, 0.25) is 0 Å². The van der Waals surface area contributed by atoms with Crippen LogP contribution in [0.5, 0.6) is 0 Å². The molecule has 0 heterocycles. The van der Waals surface area contributed by atoms with Crippen LogP contribution in [0, 0.1) is 6.07 Å². The van der Waals surface area contributed by atoms with Gasteiger partial charge in [-0.25, -0.2) is 0 Å². The van der Waals surface area contributed by atoms with Crippen LogP contribution in [0.3, 0.4) is 0 Å². The molecule has 0 aromatic heterocycles. The second-order valence-electron chi connectivity index (χ2n) is 9.09. The van der Waals surface area contributed by atoms with Gasteiger partial charge in [-0.15, -0.1) is 16.7 Å². The molecule has 0 bridgehead atoms. The second-order valence-corrected chi connectivity index (χ2v) is 11.0. The van der Waals surface area contributed by atoms with Gasteiger partial charge in [0, 0.05) is 25.5 Å². The van der Waals surface area contributed by atoms with Crippen LogP contribution in [0.15, 0.2) is 78.4 Å². The zero-order valence-electron chi connectivity index (χ0n) is 21.5. The Bertz CT molecular complexity index is 1430. The fourth-order valence-electron chi connectivity index (χ4n) is 5.45. The van der Waals surface area contributed by atoms with Crippen LogP contribution in [-0.4, -0.2) is 9.52 Å². The smallest absolute Gasteiger partial charge is 1.00 e. The van der Waals surface area contributed by atoms with Gasteiger partial charge in [0.15, 0.2) is 0 Å². The predicted molar refractivity (Wildman–Crippen MR) is 153 cm³/mol. The van der Waals surface area contributed by atoms with E-state index in [1.165, 1.54) is 50.1 Å². The van der Waals surface area contributed by atoms with E-state index in [0.29, 0.717) is 10.0 Å². The monoisotopic (exact) mass is 669 g/mol. The van der Waals surface area contributed by atoms with E-state index in [2.05, 4.69) is 86.8 Å². The van der Waals surface area contributed by atoms with Crippen LogP contribution in [0.1, 0.15) is 47.1 Å². The number of halogens is 4. The van der Waals surface area contributed by atoms with Crippen LogP contribution in [0.4, 0.5) is 0 Å². The molecule has 38 heavy (non-hydrogen) atoms. The summed E-state index contributed by atoms with van der Waals surface area (Å²) in [5.74, 6) is 0.230.